The highest BCUT2D eigenvalue weighted by atomic mass is 16.3. The van der Waals surface area contributed by atoms with Gasteiger partial charge in [0.1, 0.15) is 0 Å². The Kier molecular flexibility index (Phi) is 3.84. The van der Waals surface area contributed by atoms with Crippen LogP contribution < -0.4 is 10.7 Å². The molecule has 0 spiro atoms. The number of hydrogen-bond donors (Lipinski definition) is 2. The van der Waals surface area contributed by atoms with E-state index in [9.17, 15) is 14.7 Å². The van der Waals surface area contributed by atoms with E-state index >= 15 is 0 Å². The Morgan fingerprint density at radius 2 is 1.60 bits per heavy atom. The summed E-state index contributed by atoms with van der Waals surface area (Å²) < 4.78 is 0. The minimum Gasteiger partial charge on any atom is -0.504 e. The molecule has 20 heavy (non-hydrogen) atoms. The van der Waals surface area contributed by atoms with Crippen LogP contribution in [0.2, 0.25) is 0 Å². The zero-order valence-electron chi connectivity index (χ0n) is 11.3. The molecule has 0 aliphatic rings. The van der Waals surface area contributed by atoms with Crippen molar-refractivity contribution in [3.8, 4) is 5.75 Å². The predicted octanol–water partition coefficient (Wildman–Crippen LogP) is 2.62. The molecule has 2 N–H and O–H groups in total. The summed E-state index contributed by atoms with van der Waals surface area (Å²) in [5, 5.41) is 12.0. The summed E-state index contributed by atoms with van der Waals surface area (Å²) >= 11 is 0. The zero-order valence-corrected chi connectivity index (χ0v) is 11.3. The smallest absolute Gasteiger partial charge is 0.255 e. The number of nitrogens with one attached hydrogen (secondary N) is 1. The van der Waals surface area contributed by atoms with E-state index in [4.69, 9.17) is 0 Å². The maximum atomic E-state index is 12.1. The molecule has 4 heteroatoms. The quantitative estimate of drug-likeness (QED) is 0.880. The minimum atomic E-state index is -0.489. The standard InChI is InChI=1S/C16H15NO3/c1-10-7-11(2)9-12(8-10)16(20)17-13-3-5-14(18)15(19)6-4-13/h3-9H,1-2H3,(H,17,20)(H,18,19). The predicted molar refractivity (Wildman–Crippen MR) is 78.2 cm³/mol. The second-order valence-electron chi connectivity index (χ2n) is 4.70. The van der Waals surface area contributed by atoms with Crippen LogP contribution in [0.1, 0.15) is 21.5 Å². The minimum absolute atomic E-state index is 0.255. The van der Waals surface area contributed by atoms with Crippen LogP contribution in [0.15, 0.2) is 47.3 Å². The van der Waals surface area contributed by atoms with Gasteiger partial charge in [0, 0.05) is 11.3 Å². The number of aromatic hydroxyl groups is 1. The molecule has 0 saturated heterocycles. The highest BCUT2D eigenvalue weighted by Crippen LogP contribution is 2.12. The Hall–Kier alpha value is -2.62. The Labute approximate surface area is 116 Å². The van der Waals surface area contributed by atoms with Crippen molar-refractivity contribution in [1.82, 2.24) is 0 Å². The van der Waals surface area contributed by atoms with E-state index in [0.717, 1.165) is 11.1 Å². The van der Waals surface area contributed by atoms with E-state index in [1.807, 2.05) is 19.9 Å². The molecule has 4 nitrogen and oxygen atoms in total. The Morgan fingerprint density at radius 1 is 1.00 bits per heavy atom. The number of amides is 1. The third-order valence-corrected chi connectivity index (χ3v) is 2.83. The molecular weight excluding hydrogens is 254 g/mol. The van der Waals surface area contributed by atoms with Gasteiger partial charge >= 0.3 is 0 Å². The normalized spacial score (nSPS) is 10.1. The fraction of sp³-hybridized carbons (Fsp3) is 0.125. The van der Waals surface area contributed by atoms with Crippen LogP contribution in [0, 0.1) is 13.8 Å². The molecule has 102 valence electrons. The van der Waals surface area contributed by atoms with Crippen LogP contribution in [0.4, 0.5) is 5.69 Å². The van der Waals surface area contributed by atoms with Crippen molar-refractivity contribution in [1.29, 1.82) is 0 Å². The summed E-state index contributed by atoms with van der Waals surface area (Å²) in [5.74, 6) is -0.605. The Morgan fingerprint density at radius 3 is 2.25 bits per heavy atom. The van der Waals surface area contributed by atoms with E-state index in [1.165, 1.54) is 24.3 Å². The van der Waals surface area contributed by atoms with Crippen LogP contribution in [-0.4, -0.2) is 11.0 Å². The average molecular weight is 269 g/mol. The number of aryl methyl sites for hydroxylation is 2. The van der Waals surface area contributed by atoms with Gasteiger partial charge in [0.15, 0.2) is 5.75 Å². The van der Waals surface area contributed by atoms with E-state index in [-0.39, 0.29) is 11.7 Å². The van der Waals surface area contributed by atoms with Gasteiger partial charge in [-0.05, 0) is 50.2 Å². The van der Waals surface area contributed by atoms with Crippen LogP contribution in [0.25, 0.3) is 0 Å². The van der Waals surface area contributed by atoms with Crippen molar-refractivity contribution in [3.63, 3.8) is 0 Å². The first-order valence-electron chi connectivity index (χ1n) is 6.19. The van der Waals surface area contributed by atoms with Crippen molar-refractivity contribution in [2.75, 3.05) is 5.32 Å². The highest BCUT2D eigenvalue weighted by Gasteiger charge is 2.07. The van der Waals surface area contributed by atoms with Gasteiger partial charge in [0.05, 0.1) is 0 Å². The van der Waals surface area contributed by atoms with Gasteiger partial charge in [-0.15, -0.1) is 0 Å². The lowest BCUT2D eigenvalue weighted by Crippen LogP contribution is -2.12. The topological polar surface area (TPSA) is 66.4 Å². The average Bonchev–Trinajstić information content (AvgIpc) is 2.53. The Bertz CT molecular complexity index is 703. The molecule has 0 aliphatic heterocycles. The van der Waals surface area contributed by atoms with Crippen molar-refractivity contribution >= 4 is 11.6 Å². The molecule has 0 aromatic heterocycles. The number of benzene rings is 1. The van der Waals surface area contributed by atoms with E-state index in [0.29, 0.717) is 11.3 Å². The van der Waals surface area contributed by atoms with Gasteiger partial charge in [-0.2, -0.15) is 0 Å². The summed E-state index contributed by atoms with van der Waals surface area (Å²) in [5.41, 5.74) is 2.53. The SMILES string of the molecule is Cc1cc(C)cc(C(=O)Nc2ccc(O)c(=O)cc2)c1. The first-order chi connectivity index (χ1) is 9.45. The molecule has 0 heterocycles. The molecule has 1 amide bonds. The number of carbonyl (C=O) groups is 1. The fourth-order valence-corrected chi connectivity index (χ4v) is 1.95. The fourth-order valence-electron chi connectivity index (χ4n) is 1.95. The lowest BCUT2D eigenvalue weighted by molar-refractivity contribution is 0.102. The van der Waals surface area contributed by atoms with Gasteiger partial charge in [-0.25, -0.2) is 0 Å². The Balaban J connectivity index is 2.28. The molecule has 2 aromatic rings. The van der Waals surface area contributed by atoms with Crippen LogP contribution in [0.3, 0.4) is 0 Å². The third kappa shape index (κ3) is 3.23. The van der Waals surface area contributed by atoms with Gasteiger partial charge in [-0.1, -0.05) is 17.2 Å². The molecule has 2 aromatic carbocycles. The lowest BCUT2D eigenvalue weighted by Gasteiger charge is -2.06. The van der Waals surface area contributed by atoms with E-state index in [1.54, 1.807) is 12.1 Å². The molecule has 0 aliphatic carbocycles. The maximum absolute atomic E-state index is 12.1. The number of rotatable bonds is 2. The second kappa shape index (κ2) is 5.57. The molecule has 0 unspecified atom stereocenters. The first kappa shape index (κ1) is 13.8. The summed E-state index contributed by atoms with van der Waals surface area (Å²) in [6, 6.07) is 11.0. The summed E-state index contributed by atoms with van der Waals surface area (Å²) in [6.45, 7) is 3.85. The van der Waals surface area contributed by atoms with Gasteiger partial charge in [0.25, 0.3) is 5.91 Å². The van der Waals surface area contributed by atoms with Crippen LogP contribution >= 0.6 is 0 Å². The van der Waals surface area contributed by atoms with Gasteiger partial charge in [-0.3, -0.25) is 9.59 Å². The van der Waals surface area contributed by atoms with Crippen molar-refractivity contribution < 1.29 is 9.90 Å². The number of anilines is 1. The van der Waals surface area contributed by atoms with E-state index < -0.39 is 5.43 Å². The molecular formula is C16H15NO3. The molecule has 0 saturated carbocycles. The van der Waals surface area contributed by atoms with Gasteiger partial charge in [0.2, 0.25) is 5.43 Å². The largest absolute Gasteiger partial charge is 0.504 e. The second-order valence-corrected chi connectivity index (χ2v) is 4.70. The lowest BCUT2D eigenvalue weighted by atomic mass is 10.1. The summed E-state index contributed by atoms with van der Waals surface area (Å²) in [7, 11) is 0. The maximum Gasteiger partial charge on any atom is 0.255 e. The zero-order chi connectivity index (χ0) is 14.7. The highest BCUT2D eigenvalue weighted by molar-refractivity contribution is 6.04. The van der Waals surface area contributed by atoms with Crippen LogP contribution in [0.5, 0.6) is 5.75 Å². The summed E-state index contributed by atoms with van der Waals surface area (Å²) in [4.78, 5) is 23.4. The molecule has 0 radical (unpaired) electrons. The molecule has 2 rings (SSSR count). The van der Waals surface area contributed by atoms with Gasteiger partial charge < -0.3 is 10.4 Å². The molecule has 0 atom stereocenters. The van der Waals surface area contributed by atoms with Crippen molar-refractivity contribution in [2.24, 2.45) is 0 Å². The number of carbonyl (C=O) groups excluding carboxylic acids is 1. The summed E-state index contributed by atoms with van der Waals surface area (Å²) in [6.07, 6.45) is 0. The van der Waals surface area contributed by atoms with Crippen LogP contribution in [-0.2, 0) is 0 Å². The molecule has 0 bridgehead atoms. The van der Waals surface area contributed by atoms with E-state index in [2.05, 4.69) is 5.32 Å². The van der Waals surface area contributed by atoms with Crippen molar-refractivity contribution in [3.05, 3.63) is 69.4 Å². The monoisotopic (exact) mass is 269 g/mol. The first-order valence-corrected chi connectivity index (χ1v) is 6.19. The molecule has 0 fully saturated rings. The number of hydrogen-bond acceptors (Lipinski definition) is 3. The van der Waals surface area contributed by atoms with Crippen molar-refractivity contribution in [2.45, 2.75) is 13.8 Å². The third-order valence-electron chi connectivity index (χ3n) is 2.83.